The van der Waals surface area contributed by atoms with Crippen molar-refractivity contribution in [1.82, 2.24) is 0 Å². The predicted octanol–water partition coefficient (Wildman–Crippen LogP) is 4.41. The van der Waals surface area contributed by atoms with Crippen LogP contribution in [0.2, 0.25) is 10.0 Å². The first kappa shape index (κ1) is 13.8. The van der Waals surface area contributed by atoms with Crippen LogP contribution in [0.5, 0.6) is 0 Å². The number of nitrogens with zero attached hydrogens (tertiary/aromatic N) is 2. The Balaban J connectivity index is 2.04. The van der Waals surface area contributed by atoms with Crippen LogP contribution in [0.3, 0.4) is 0 Å². The standard InChI is InChI=1S/C11H7Cl2N3O2S/c12-7-1-3-10(9(13)5-7)15-14-6-8-2-4-11(19-8)16(17)18/h1-6,15H/b14-6+. The topological polar surface area (TPSA) is 67.5 Å². The number of halogens is 2. The second kappa shape index (κ2) is 6.01. The van der Waals surface area contributed by atoms with E-state index in [0.29, 0.717) is 20.6 Å². The fraction of sp³-hybridized carbons (Fsp3) is 0. The Kier molecular flexibility index (Phi) is 4.36. The maximum Gasteiger partial charge on any atom is 0.324 e. The molecule has 1 heterocycles. The molecule has 19 heavy (non-hydrogen) atoms. The number of nitrogens with one attached hydrogen (secondary N) is 1. The number of hydrogen-bond donors (Lipinski definition) is 1. The molecule has 0 atom stereocenters. The zero-order chi connectivity index (χ0) is 13.8. The third kappa shape index (κ3) is 3.66. The van der Waals surface area contributed by atoms with Crippen molar-refractivity contribution in [3.8, 4) is 0 Å². The highest BCUT2D eigenvalue weighted by Crippen LogP contribution is 2.25. The molecule has 0 fully saturated rings. The quantitative estimate of drug-likeness (QED) is 0.516. The van der Waals surface area contributed by atoms with Crippen LogP contribution in [0.25, 0.3) is 0 Å². The largest absolute Gasteiger partial charge is 0.324 e. The van der Waals surface area contributed by atoms with Crippen LogP contribution in [0.15, 0.2) is 35.4 Å². The number of nitro groups is 1. The van der Waals surface area contributed by atoms with E-state index in [1.165, 1.54) is 12.3 Å². The van der Waals surface area contributed by atoms with Crippen LogP contribution in [-0.2, 0) is 0 Å². The number of hydrogen-bond acceptors (Lipinski definition) is 5. The van der Waals surface area contributed by atoms with Gasteiger partial charge in [-0.05, 0) is 24.3 Å². The first-order valence-corrected chi connectivity index (χ1v) is 6.62. The van der Waals surface area contributed by atoms with Crippen LogP contribution < -0.4 is 5.43 Å². The Morgan fingerprint density at radius 2 is 2.11 bits per heavy atom. The first-order valence-electron chi connectivity index (χ1n) is 5.04. The lowest BCUT2D eigenvalue weighted by Crippen LogP contribution is -1.90. The van der Waals surface area contributed by atoms with Gasteiger partial charge in [0.05, 0.1) is 26.7 Å². The molecule has 0 aliphatic rings. The summed E-state index contributed by atoms with van der Waals surface area (Å²) < 4.78 is 0. The van der Waals surface area contributed by atoms with Crippen molar-refractivity contribution < 1.29 is 4.92 Å². The van der Waals surface area contributed by atoms with E-state index in [4.69, 9.17) is 23.2 Å². The molecule has 98 valence electrons. The van der Waals surface area contributed by atoms with E-state index in [-0.39, 0.29) is 5.00 Å². The average Bonchev–Trinajstić information content (AvgIpc) is 2.81. The highest BCUT2D eigenvalue weighted by atomic mass is 35.5. The van der Waals surface area contributed by atoms with Crippen LogP contribution in [-0.4, -0.2) is 11.1 Å². The zero-order valence-corrected chi connectivity index (χ0v) is 11.7. The van der Waals surface area contributed by atoms with Gasteiger partial charge in [-0.15, -0.1) is 0 Å². The lowest BCUT2D eigenvalue weighted by Gasteiger charge is -2.02. The van der Waals surface area contributed by atoms with Crippen LogP contribution >= 0.6 is 34.5 Å². The molecule has 1 N–H and O–H groups in total. The molecule has 0 saturated carbocycles. The molecule has 0 saturated heterocycles. The molecular weight excluding hydrogens is 309 g/mol. The van der Waals surface area contributed by atoms with Gasteiger partial charge in [-0.25, -0.2) is 0 Å². The minimum atomic E-state index is -0.439. The van der Waals surface area contributed by atoms with Crippen molar-refractivity contribution in [2.24, 2.45) is 5.10 Å². The third-order valence-electron chi connectivity index (χ3n) is 2.10. The van der Waals surface area contributed by atoms with Crippen molar-refractivity contribution in [2.75, 3.05) is 5.43 Å². The number of benzene rings is 1. The number of thiophene rings is 1. The van der Waals surface area contributed by atoms with Crippen LogP contribution in [0.1, 0.15) is 4.88 Å². The van der Waals surface area contributed by atoms with Gasteiger partial charge in [0.15, 0.2) is 0 Å². The fourth-order valence-electron chi connectivity index (χ4n) is 1.26. The summed E-state index contributed by atoms with van der Waals surface area (Å²) >= 11 is 12.8. The molecule has 2 aromatic rings. The highest BCUT2D eigenvalue weighted by Gasteiger charge is 2.07. The van der Waals surface area contributed by atoms with Crippen molar-refractivity contribution >= 4 is 51.4 Å². The summed E-state index contributed by atoms with van der Waals surface area (Å²) in [5.74, 6) is 0. The molecule has 0 aliphatic heterocycles. The molecule has 0 aliphatic carbocycles. The summed E-state index contributed by atoms with van der Waals surface area (Å²) in [5, 5.41) is 15.5. The summed E-state index contributed by atoms with van der Waals surface area (Å²) in [4.78, 5) is 10.7. The van der Waals surface area contributed by atoms with Gasteiger partial charge in [0, 0.05) is 11.1 Å². The Labute approximate surface area is 122 Å². The smallest absolute Gasteiger partial charge is 0.277 e. The molecular formula is C11H7Cl2N3O2S. The lowest BCUT2D eigenvalue weighted by molar-refractivity contribution is -0.380. The SMILES string of the molecule is O=[N+]([O-])c1ccc(/C=N/Nc2ccc(Cl)cc2Cl)s1. The Bertz CT molecular complexity index is 643. The molecule has 0 unspecified atom stereocenters. The minimum absolute atomic E-state index is 0.0750. The highest BCUT2D eigenvalue weighted by molar-refractivity contribution is 7.16. The van der Waals surface area contributed by atoms with E-state index in [9.17, 15) is 10.1 Å². The van der Waals surface area contributed by atoms with E-state index in [0.717, 1.165) is 11.3 Å². The van der Waals surface area contributed by atoms with Gasteiger partial charge in [0.2, 0.25) is 0 Å². The Morgan fingerprint density at radius 3 is 2.74 bits per heavy atom. The molecule has 8 heteroatoms. The van der Waals surface area contributed by atoms with Gasteiger partial charge in [0.1, 0.15) is 0 Å². The summed E-state index contributed by atoms with van der Waals surface area (Å²) in [6, 6.07) is 8.02. The van der Waals surface area contributed by atoms with Crippen molar-refractivity contribution in [1.29, 1.82) is 0 Å². The minimum Gasteiger partial charge on any atom is -0.277 e. The number of hydrazone groups is 1. The number of rotatable bonds is 4. The lowest BCUT2D eigenvalue weighted by atomic mass is 10.3. The molecule has 0 amide bonds. The molecule has 0 bridgehead atoms. The first-order chi connectivity index (χ1) is 9.06. The van der Waals surface area contributed by atoms with Gasteiger partial charge in [-0.1, -0.05) is 34.5 Å². The van der Waals surface area contributed by atoms with Crippen LogP contribution in [0.4, 0.5) is 10.7 Å². The van der Waals surface area contributed by atoms with Crippen molar-refractivity contribution in [3.63, 3.8) is 0 Å². The molecule has 0 radical (unpaired) electrons. The maximum atomic E-state index is 10.5. The zero-order valence-electron chi connectivity index (χ0n) is 9.34. The summed E-state index contributed by atoms with van der Waals surface area (Å²) in [6.45, 7) is 0. The van der Waals surface area contributed by atoms with Gasteiger partial charge in [0.25, 0.3) is 0 Å². The Hall–Kier alpha value is -1.63. The summed E-state index contributed by atoms with van der Waals surface area (Å²) in [7, 11) is 0. The molecule has 1 aromatic heterocycles. The fourth-order valence-corrected chi connectivity index (χ4v) is 2.40. The molecule has 0 spiro atoms. The van der Waals surface area contributed by atoms with Gasteiger partial charge in [-0.2, -0.15) is 5.10 Å². The van der Waals surface area contributed by atoms with Gasteiger partial charge in [-0.3, -0.25) is 15.5 Å². The molecule has 1 aromatic carbocycles. The Morgan fingerprint density at radius 1 is 1.32 bits per heavy atom. The van der Waals surface area contributed by atoms with Crippen molar-refractivity contribution in [2.45, 2.75) is 0 Å². The summed E-state index contributed by atoms with van der Waals surface area (Å²) in [5.41, 5.74) is 3.35. The monoisotopic (exact) mass is 315 g/mol. The molecule has 2 rings (SSSR count). The van der Waals surface area contributed by atoms with E-state index in [2.05, 4.69) is 10.5 Å². The average molecular weight is 316 g/mol. The van der Waals surface area contributed by atoms with Crippen molar-refractivity contribution in [3.05, 3.63) is 55.4 Å². The summed E-state index contributed by atoms with van der Waals surface area (Å²) in [6.07, 6.45) is 1.49. The maximum absolute atomic E-state index is 10.5. The van der Waals surface area contributed by atoms with E-state index >= 15 is 0 Å². The predicted molar refractivity (Wildman–Crippen MR) is 78.7 cm³/mol. The second-order valence-electron chi connectivity index (χ2n) is 3.43. The normalized spacial score (nSPS) is 10.8. The third-order valence-corrected chi connectivity index (χ3v) is 3.62. The number of anilines is 1. The van der Waals surface area contributed by atoms with Gasteiger partial charge < -0.3 is 0 Å². The second-order valence-corrected chi connectivity index (χ2v) is 5.36. The van der Waals surface area contributed by atoms with Gasteiger partial charge >= 0.3 is 5.00 Å². The molecule has 5 nitrogen and oxygen atoms in total. The van der Waals surface area contributed by atoms with E-state index < -0.39 is 4.92 Å². The van der Waals surface area contributed by atoms with E-state index in [1.54, 1.807) is 24.3 Å². The van der Waals surface area contributed by atoms with Crippen LogP contribution in [0, 0.1) is 10.1 Å². The van der Waals surface area contributed by atoms with E-state index in [1.807, 2.05) is 0 Å².